The maximum atomic E-state index is 13.1. The van der Waals surface area contributed by atoms with Gasteiger partial charge in [0.25, 0.3) is 10.0 Å². The van der Waals surface area contributed by atoms with E-state index < -0.39 is 10.0 Å². The molecular weight excluding hydrogens is 542 g/mol. The summed E-state index contributed by atoms with van der Waals surface area (Å²) in [4.78, 5) is 6.97. The molecule has 6 nitrogen and oxygen atoms in total. The van der Waals surface area contributed by atoms with E-state index in [0.717, 1.165) is 50.9 Å². The summed E-state index contributed by atoms with van der Waals surface area (Å²) in [5.41, 5.74) is 6.42. The smallest absolute Gasteiger partial charge is 0.263 e. The van der Waals surface area contributed by atoms with Gasteiger partial charge in [-0.2, -0.15) is 0 Å². The first-order valence-corrected chi connectivity index (χ1v) is 16.2. The molecule has 0 fully saturated rings. The Balaban J connectivity index is 1.11. The Hall–Kier alpha value is -3.68. The van der Waals surface area contributed by atoms with Gasteiger partial charge in [-0.05, 0) is 83.2 Å². The third-order valence-corrected chi connectivity index (χ3v) is 9.17. The summed E-state index contributed by atoms with van der Waals surface area (Å²) in [6.07, 6.45) is 5.22. The summed E-state index contributed by atoms with van der Waals surface area (Å²) < 4.78 is 34.7. The molecule has 1 aromatic heterocycles. The van der Waals surface area contributed by atoms with Gasteiger partial charge < -0.3 is 4.74 Å². The van der Waals surface area contributed by atoms with Gasteiger partial charge in [-0.1, -0.05) is 81.4 Å². The fraction of sp³-hybridized carbons (Fsp3) is 0.343. The second kappa shape index (κ2) is 13.1. The van der Waals surface area contributed by atoms with Gasteiger partial charge in [0.05, 0.1) is 17.7 Å². The van der Waals surface area contributed by atoms with Crippen LogP contribution in [0.5, 0.6) is 5.75 Å². The van der Waals surface area contributed by atoms with Gasteiger partial charge in [-0.25, -0.2) is 13.4 Å². The van der Waals surface area contributed by atoms with E-state index in [4.69, 9.17) is 4.74 Å². The van der Waals surface area contributed by atoms with Crippen molar-refractivity contribution in [1.29, 1.82) is 0 Å². The highest BCUT2D eigenvalue weighted by Crippen LogP contribution is 2.25. The molecule has 220 valence electrons. The minimum absolute atomic E-state index is 0.163. The second-order valence-electron chi connectivity index (χ2n) is 12.1. The molecule has 0 saturated carbocycles. The van der Waals surface area contributed by atoms with Crippen molar-refractivity contribution in [2.45, 2.75) is 63.3 Å². The van der Waals surface area contributed by atoms with Crippen LogP contribution in [-0.2, 0) is 41.2 Å². The number of aryl methyl sites for hydroxylation is 1. The molecular formula is C35H41N3O3S. The number of anilines is 1. The van der Waals surface area contributed by atoms with E-state index in [0.29, 0.717) is 12.4 Å². The lowest BCUT2D eigenvalue weighted by Crippen LogP contribution is -2.32. The highest BCUT2D eigenvalue weighted by molar-refractivity contribution is 7.92. The van der Waals surface area contributed by atoms with Crippen LogP contribution in [0.25, 0.3) is 0 Å². The fourth-order valence-electron chi connectivity index (χ4n) is 5.24. The quantitative estimate of drug-likeness (QED) is 0.197. The predicted octanol–water partition coefficient (Wildman–Crippen LogP) is 6.79. The van der Waals surface area contributed by atoms with Crippen LogP contribution < -0.4 is 9.46 Å². The Morgan fingerprint density at radius 1 is 0.881 bits per heavy atom. The topological polar surface area (TPSA) is 71.5 Å². The predicted molar refractivity (Wildman–Crippen MR) is 170 cm³/mol. The van der Waals surface area contributed by atoms with Gasteiger partial charge in [-0.15, -0.1) is 0 Å². The number of sulfonamides is 1. The van der Waals surface area contributed by atoms with Gasteiger partial charge in [0.2, 0.25) is 0 Å². The lowest BCUT2D eigenvalue weighted by molar-refractivity contribution is 0.257. The Labute approximate surface area is 250 Å². The number of benzene rings is 3. The first-order valence-electron chi connectivity index (χ1n) is 14.7. The van der Waals surface area contributed by atoms with Crippen LogP contribution in [0.15, 0.2) is 96.0 Å². The average molecular weight is 584 g/mol. The van der Waals surface area contributed by atoms with Crippen LogP contribution in [0.4, 0.5) is 5.82 Å². The van der Waals surface area contributed by atoms with Crippen LogP contribution in [0.3, 0.4) is 0 Å². The number of pyridine rings is 1. The Morgan fingerprint density at radius 2 is 1.64 bits per heavy atom. The molecule has 3 aromatic carbocycles. The molecule has 1 N–H and O–H groups in total. The van der Waals surface area contributed by atoms with Gasteiger partial charge in [0, 0.05) is 19.6 Å². The monoisotopic (exact) mass is 583 g/mol. The Morgan fingerprint density at radius 3 is 2.36 bits per heavy atom. The number of rotatable bonds is 11. The van der Waals surface area contributed by atoms with E-state index in [1.54, 1.807) is 24.4 Å². The number of fused-ring (bicyclic) bond motifs is 1. The van der Waals surface area contributed by atoms with Crippen molar-refractivity contribution in [3.63, 3.8) is 0 Å². The van der Waals surface area contributed by atoms with Crippen LogP contribution in [0.2, 0.25) is 0 Å². The largest absolute Gasteiger partial charge is 0.492 e. The molecule has 0 unspecified atom stereocenters. The SMILES string of the molecule is CC(C)(C)c1ccc(CCN2CCc3cc(S(=O)(=O)Nc4ccc(OCCCc5ccccc5)cn4)ccc3C2)cc1. The molecule has 42 heavy (non-hydrogen) atoms. The number of hydrogen-bond acceptors (Lipinski definition) is 5. The van der Waals surface area contributed by atoms with E-state index in [2.05, 4.69) is 71.8 Å². The number of hydrogen-bond donors (Lipinski definition) is 1. The first-order chi connectivity index (χ1) is 20.2. The summed E-state index contributed by atoms with van der Waals surface area (Å²) in [6, 6.07) is 28.1. The summed E-state index contributed by atoms with van der Waals surface area (Å²) in [5, 5.41) is 0. The number of ether oxygens (including phenoxy) is 1. The van der Waals surface area contributed by atoms with Crippen LogP contribution in [-0.4, -0.2) is 38.0 Å². The molecule has 4 aromatic rings. The van der Waals surface area contributed by atoms with Crippen molar-refractivity contribution in [3.8, 4) is 5.75 Å². The van der Waals surface area contributed by atoms with Crippen molar-refractivity contribution in [1.82, 2.24) is 9.88 Å². The molecule has 5 rings (SSSR count). The molecule has 0 radical (unpaired) electrons. The lowest BCUT2D eigenvalue weighted by atomic mass is 9.86. The highest BCUT2D eigenvalue weighted by Gasteiger charge is 2.21. The van der Waals surface area contributed by atoms with Crippen molar-refractivity contribution >= 4 is 15.8 Å². The molecule has 2 heterocycles. The molecule has 0 bridgehead atoms. The van der Waals surface area contributed by atoms with Crippen LogP contribution in [0.1, 0.15) is 55.0 Å². The van der Waals surface area contributed by atoms with E-state index in [1.807, 2.05) is 30.3 Å². The molecule has 0 amide bonds. The Kier molecular flexibility index (Phi) is 9.29. The molecule has 0 spiro atoms. The Bertz CT molecular complexity index is 1560. The van der Waals surface area contributed by atoms with Crippen LogP contribution >= 0.6 is 0 Å². The first kappa shape index (κ1) is 29.8. The summed E-state index contributed by atoms with van der Waals surface area (Å²) in [6.45, 7) is 10.0. The van der Waals surface area contributed by atoms with E-state index >= 15 is 0 Å². The second-order valence-corrected chi connectivity index (χ2v) is 13.8. The molecule has 1 aliphatic rings. The zero-order chi connectivity index (χ0) is 29.6. The van der Waals surface area contributed by atoms with E-state index in [9.17, 15) is 8.42 Å². The third-order valence-electron chi connectivity index (χ3n) is 7.81. The van der Waals surface area contributed by atoms with E-state index in [1.165, 1.54) is 22.3 Å². The van der Waals surface area contributed by atoms with Gasteiger partial charge in [0.15, 0.2) is 0 Å². The zero-order valence-electron chi connectivity index (χ0n) is 24.8. The summed E-state index contributed by atoms with van der Waals surface area (Å²) in [7, 11) is -3.75. The standard InChI is InChI=1S/C35H41N3O3S/c1-35(2,3)31-14-11-28(12-15-31)19-21-38-22-20-29-24-33(17-13-30(29)26-38)42(39,40)37-34-18-16-32(25-36-34)41-23-7-10-27-8-5-4-6-9-27/h4-6,8-9,11-18,24-25H,7,10,19-23,26H2,1-3H3,(H,36,37). The third kappa shape index (κ3) is 7.99. The minimum Gasteiger partial charge on any atom is -0.492 e. The van der Waals surface area contributed by atoms with E-state index in [-0.39, 0.29) is 16.1 Å². The summed E-state index contributed by atoms with van der Waals surface area (Å²) >= 11 is 0. The van der Waals surface area contributed by atoms with Crippen molar-refractivity contribution < 1.29 is 13.2 Å². The fourth-order valence-corrected chi connectivity index (χ4v) is 6.30. The maximum Gasteiger partial charge on any atom is 0.263 e. The number of nitrogens with one attached hydrogen (secondary N) is 1. The van der Waals surface area contributed by atoms with Crippen molar-refractivity contribution in [2.24, 2.45) is 0 Å². The van der Waals surface area contributed by atoms with Crippen LogP contribution in [0, 0.1) is 0 Å². The number of aromatic nitrogens is 1. The maximum absolute atomic E-state index is 13.1. The lowest BCUT2D eigenvalue weighted by Gasteiger charge is -2.29. The summed E-state index contributed by atoms with van der Waals surface area (Å²) in [5.74, 6) is 0.886. The van der Waals surface area contributed by atoms with Gasteiger partial charge in [0.1, 0.15) is 11.6 Å². The van der Waals surface area contributed by atoms with Gasteiger partial charge >= 0.3 is 0 Å². The zero-order valence-corrected chi connectivity index (χ0v) is 25.7. The molecule has 0 aliphatic carbocycles. The van der Waals surface area contributed by atoms with Crippen molar-refractivity contribution in [3.05, 3.63) is 119 Å². The molecule has 0 saturated heterocycles. The highest BCUT2D eigenvalue weighted by atomic mass is 32.2. The minimum atomic E-state index is -3.75. The van der Waals surface area contributed by atoms with Gasteiger partial charge in [-0.3, -0.25) is 9.62 Å². The number of nitrogens with zero attached hydrogens (tertiary/aromatic N) is 2. The van der Waals surface area contributed by atoms with Crippen molar-refractivity contribution in [2.75, 3.05) is 24.4 Å². The average Bonchev–Trinajstić information content (AvgIpc) is 2.99. The molecule has 7 heteroatoms. The molecule has 1 aliphatic heterocycles. The normalized spacial score (nSPS) is 13.9. The molecule has 0 atom stereocenters.